The molecule has 2 rings (SSSR count). The minimum absolute atomic E-state index is 0.255. The molecule has 5 heteroatoms. The molecule has 100 valence electrons. The first kappa shape index (κ1) is 14.4. The lowest BCUT2D eigenvalue weighted by Crippen LogP contribution is -2.14. The molecule has 2 aromatic rings. The molecule has 0 aliphatic carbocycles. The number of nitrogens with two attached hydrogens (primary N) is 1. The normalized spacial score (nSPS) is 12.5. The molecule has 0 aliphatic heterocycles. The summed E-state index contributed by atoms with van der Waals surface area (Å²) >= 11 is 9.13. The van der Waals surface area contributed by atoms with Gasteiger partial charge in [0.2, 0.25) is 0 Å². The van der Waals surface area contributed by atoms with Gasteiger partial charge >= 0.3 is 0 Å². The lowest BCUT2D eigenvalue weighted by Gasteiger charge is -2.14. The maximum Gasteiger partial charge on any atom is 0.127 e. The molecular formula is C14H11BrClF2N. The summed E-state index contributed by atoms with van der Waals surface area (Å²) in [6.45, 7) is 0. The fraction of sp³-hybridized carbons (Fsp3) is 0.143. The summed E-state index contributed by atoms with van der Waals surface area (Å²) in [5.74, 6) is -0.751. The molecule has 0 saturated heterocycles. The second kappa shape index (κ2) is 5.99. The molecule has 0 spiro atoms. The average molecular weight is 347 g/mol. The zero-order valence-corrected chi connectivity index (χ0v) is 12.2. The SMILES string of the molecule is NC(Cc1ccc(Br)cc1F)c1ccc(F)cc1Cl. The van der Waals surface area contributed by atoms with Crippen molar-refractivity contribution in [3.05, 3.63) is 68.7 Å². The predicted molar refractivity (Wildman–Crippen MR) is 76.1 cm³/mol. The Morgan fingerprint density at radius 3 is 2.53 bits per heavy atom. The highest BCUT2D eigenvalue weighted by atomic mass is 79.9. The summed E-state index contributed by atoms with van der Waals surface area (Å²) in [5, 5.41) is 0.255. The van der Waals surface area contributed by atoms with Crippen LogP contribution in [-0.4, -0.2) is 0 Å². The Morgan fingerprint density at radius 1 is 1.16 bits per heavy atom. The van der Waals surface area contributed by atoms with Gasteiger partial charge in [-0.05, 0) is 41.8 Å². The molecule has 0 amide bonds. The topological polar surface area (TPSA) is 26.0 Å². The molecule has 0 heterocycles. The third-order valence-electron chi connectivity index (χ3n) is 2.82. The molecular weight excluding hydrogens is 336 g/mol. The molecule has 0 aromatic heterocycles. The second-order valence-electron chi connectivity index (χ2n) is 4.21. The van der Waals surface area contributed by atoms with Crippen molar-refractivity contribution < 1.29 is 8.78 Å². The number of halogens is 4. The lowest BCUT2D eigenvalue weighted by molar-refractivity contribution is 0.591. The Bertz CT molecular complexity index is 604. The first-order valence-corrected chi connectivity index (χ1v) is 6.79. The molecule has 0 bridgehead atoms. The van der Waals surface area contributed by atoms with Crippen LogP contribution in [0.25, 0.3) is 0 Å². The Balaban J connectivity index is 2.23. The van der Waals surface area contributed by atoms with Crippen LogP contribution < -0.4 is 5.73 Å². The highest BCUT2D eigenvalue weighted by Crippen LogP contribution is 2.26. The number of hydrogen-bond donors (Lipinski definition) is 1. The second-order valence-corrected chi connectivity index (χ2v) is 5.54. The smallest absolute Gasteiger partial charge is 0.127 e. The van der Waals surface area contributed by atoms with Crippen molar-refractivity contribution in [1.82, 2.24) is 0 Å². The van der Waals surface area contributed by atoms with Crippen LogP contribution in [0.4, 0.5) is 8.78 Å². The fourth-order valence-electron chi connectivity index (χ4n) is 1.84. The minimum Gasteiger partial charge on any atom is -0.324 e. The van der Waals surface area contributed by atoms with Crippen molar-refractivity contribution in [3.63, 3.8) is 0 Å². The van der Waals surface area contributed by atoms with Crippen LogP contribution >= 0.6 is 27.5 Å². The quantitative estimate of drug-likeness (QED) is 0.862. The molecule has 1 nitrogen and oxygen atoms in total. The van der Waals surface area contributed by atoms with Crippen LogP contribution in [0.2, 0.25) is 5.02 Å². The van der Waals surface area contributed by atoms with E-state index < -0.39 is 11.9 Å². The van der Waals surface area contributed by atoms with Crippen molar-refractivity contribution >= 4 is 27.5 Å². The zero-order chi connectivity index (χ0) is 14.0. The van der Waals surface area contributed by atoms with Gasteiger partial charge in [0.15, 0.2) is 0 Å². The van der Waals surface area contributed by atoms with Gasteiger partial charge in [-0.2, -0.15) is 0 Å². The van der Waals surface area contributed by atoms with E-state index in [4.69, 9.17) is 17.3 Å². The molecule has 2 N–H and O–H groups in total. The minimum atomic E-state index is -0.483. The van der Waals surface area contributed by atoms with Crippen LogP contribution in [0.3, 0.4) is 0 Å². The summed E-state index contributed by atoms with van der Waals surface area (Å²) in [7, 11) is 0. The van der Waals surface area contributed by atoms with E-state index in [-0.39, 0.29) is 10.8 Å². The Kier molecular flexibility index (Phi) is 4.55. The molecule has 0 aliphatic rings. The first-order chi connectivity index (χ1) is 8.97. The molecule has 2 aromatic carbocycles. The molecule has 1 atom stereocenters. The summed E-state index contributed by atoms with van der Waals surface area (Å²) in [6, 6.07) is 8.33. The van der Waals surface area contributed by atoms with Gasteiger partial charge in [0.05, 0.1) is 0 Å². The summed E-state index contributed by atoms with van der Waals surface area (Å²) in [6.07, 6.45) is 0.296. The van der Waals surface area contributed by atoms with Gasteiger partial charge in [0, 0.05) is 15.5 Å². The standard InChI is InChI=1S/C14H11BrClF2N/c15-9-2-1-8(13(18)6-9)5-14(19)11-4-3-10(17)7-12(11)16/h1-4,6-7,14H,5,19H2. The van der Waals surface area contributed by atoms with Crippen LogP contribution in [-0.2, 0) is 6.42 Å². The molecule has 0 fully saturated rings. The van der Waals surface area contributed by atoms with Crippen molar-refractivity contribution in [3.8, 4) is 0 Å². The van der Waals surface area contributed by atoms with Gasteiger partial charge in [-0.3, -0.25) is 0 Å². The van der Waals surface area contributed by atoms with Gasteiger partial charge < -0.3 is 5.73 Å². The Hall–Kier alpha value is -0.970. The lowest BCUT2D eigenvalue weighted by atomic mass is 9.99. The number of hydrogen-bond acceptors (Lipinski definition) is 1. The van der Waals surface area contributed by atoms with Crippen LogP contribution in [0.5, 0.6) is 0 Å². The van der Waals surface area contributed by atoms with Crippen molar-refractivity contribution in [2.45, 2.75) is 12.5 Å². The number of benzene rings is 2. The highest BCUT2D eigenvalue weighted by Gasteiger charge is 2.14. The van der Waals surface area contributed by atoms with E-state index in [1.165, 1.54) is 24.3 Å². The fourth-order valence-corrected chi connectivity index (χ4v) is 2.48. The summed E-state index contributed by atoms with van der Waals surface area (Å²) < 4.78 is 27.3. The Morgan fingerprint density at radius 2 is 1.89 bits per heavy atom. The van der Waals surface area contributed by atoms with E-state index in [1.54, 1.807) is 12.1 Å². The summed E-state index contributed by atoms with van der Waals surface area (Å²) in [5.41, 5.74) is 7.10. The first-order valence-electron chi connectivity index (χ1n) is 5.62. The van der Waals surface area contributed by atoms with E-state index in [9.17, 15) is 8.78 Å². The molecule has 0 radical (unpaired) electrons. The van der Waals surface area contributed by atoms with E-state index in [0.29, 0.717) is 22.0 Å². The van der Waals surface area contributed by atoms with Gasteiger partial charge in [-0.15, -0.1) is 0 Å². The third-order valence-corrected chi connectivity index (χ3v) is 3.64. The maximum absolute atomic E-state index is 13.7. The van der Waals surface area contributed by atoms with Gasteiger partial charge in [-0.25, -0.2) is 8.78 Å². The average Bonchev–Trinajstić information content (AvgIpc) is 2.32. The predicted octanol–water partition coefficient (Wildman–Crippen LogP) is 4.62. The van der Waals surface area contributed by atoms with E-state index >= 15 is 0 Å². The zero-order valence-electron chi connectivity index (χ0n) is 9.84. The van der Waals surface area contributed by atoms with Gasteiger partial charge in [0.25, 0.3) is 0 Å². The van der Waals surface area contributed by atoms with E-state index in [1.807, 2.05) is 0 Å². The Labute approximate surface area is 123 Å². The van der Waals surface area contributed by atoms with E-state index in [0.717, 1.165) is 0 Å². The highest BCUT2D eigenvalue weighted by molar-refractivity contribution is 9.10. The third kappa shape index (κ3) is 3.53. The number of rotatable bonds is 3. The molecule has 0 saturated carbocycles. The van der Waals surface area contributed by atoms with E-state index in [2.05, 4.69) is 15.9 Å². The summed E-state index contributed by atoms with van der Waals surface area (Å²) in [4.78, 5) is 0. The van der Waals surface area contributed by atoms with Crippen LogP contribution in [0.15, 0.2) is 40.9 Å². The van der Waals surface area contributed by atoms with Crippen LogP contribution in [0, 0.1) is 11.6 Å². The van der Waals surface area contributed by atoms with Gasteiger partial charge in [0.1, 0.15) is 11.6 Å². The van der Waals surface area contributed by atoms with Crippen molar-refractivity contribution in [1.29, 1.82) is 0 Å². The van der Waals surface area contributed by atoms with Crippen LogP contribution in [0.1, 0.15) is 17.2 Å². The largest absolute Gasteiger partial charge is 0.324 e. The molecule has 19 heavy (non-hydrogen) atoms. The van der Waals surface area contributed by atoms with Crippen molar-refractivity contribution in [2.24, 2.45) is 5.73 Å². The van der Waals surface area contributed by atoms with Crippen molar-refractivity contribution in [2.75, 3.05) is 0 Å². The molecule has 1 unspecified atom stereocenters. The monoisotopic (exact) mass is 345 g/mol. The maximum atomic E-state index is 13.7. The van der Waals surface area contributed by atoms with Gasteiger partial charge in [-0.1, -0.05) is 39.7 Å².